The number of hydrogen-bond acceptors (Lipinski definition) is 5. The van der Waals surface area contributed by atoms with Crippen LogP contribution in [0.4, 0.5) is 0 Å². The molecule has 6 N–H and O–H groups in total. The molecule has 0 unspecified atom stereocenters. The number of hydrogen-bond donors (Lipinski definition) is 3. The van der Waals surface area contributed by atoms with Crippen LogP contribution >= 0.6 is 0 Å². The summed E-state index contributed by atoms with van der Waals surface area (Å²) >= 11 is 0. The first-order chi connectivity index (χ1) is 5.97. The van der Waals surface area contributed by atoms with Crippen LogP contribution in [-0.2, 0) is 9.47 Å². The third-order valence-corrected chi connectivity index (χ3v) is 2.12. The summed E-state index contributed by atoms with van der Waals surface area (Å²) in [4.78, 5) is 0. The molecule has 1 aliphatic rings. The molecule has 0 atom stereocenters. The zero-order chi connectivity index (χ0) is 10.1. The van der Waals surface area contributed by atoms with Gasteiger partial charge in [-0.25, -0.2) is 0 Å². The van der Waals surface area contributed by atoms with Crippen molar-refractivity contribution in [3.63, 3.8) is 0 Å². The van der Waals surface area contributed by atoms with Gasteiger partial charge in [-0.05, 0) is 12.2 Å². The predicted octanol–water partition coefficient (Wildman–Crippen LogP) is -0.998. The second-order valence-corrected chi connectivity index (χ2v) is 2.99. The average molecular weight is 185 g/mol. The minimum atomic E-state index is -1.21. The second kappa shape index (κ2) is 3.12. The van der Waals surface area contributed by atoms with Crippen molar-refractivity contribution in [2.75, 3.05) is 14.2 Å². The van der Waals surface area contributed by atoms with Gasteiger partial charge in [0.2, 0.25) is 5.79 Å². The van der Waals surface area contributed by atoms with Crippen LogP contribution in [0.5, 0.6) is 0 Å². The van der Waals surface area contributed by atoms with Crippen molar-refractivity contribution in [3.05, 3.63) is 23.9 Å². The highest BCUT2D eigenvalue weighted by atomic mass is 16.7. The third-order valence-electron chi connectivity index (χ3n) is 2.12. The molecule has 0 saturated carbocycles. The average Bonchev–Trinajstić information content (AvgIpc) is 2.09. The Morgan fingerprint density at radius 1 is 1.23 bits per heavy atom. The maximum atomic E-state index is 5.78. The van der Waals surface area contributed by atoms with E-state index in [1.165, 1.54) is 14.2 Å². The van der Waals surface area contributed by atoms with E-state index in [4.69, 9.17) is 26.7 Å². The fourth-order valence-corrected chi connectivity index (χ4v) is 1.30. The molecule has 0 aromatic rings. The molecule has 0 heterocycles. The first kappa shape index (κ1) is 10.2. The van der Waals surface area contributed by atoms with Crippen molar-refractivity contribution in [2.45, 2.75) is 11.4 Å². The van der Waals surface area contributed by atoms with E-state index in [1.807, 2.05) is 0 Å². The Labute approximate surface area is 77.2 Å². The van der Waals surface area contributed by atoms with Crippen molar-refractivity contribution < 1.29 is 9.47 Å². The zero-order valence-electron chi connectivity index (χ0n) is 7.78. The fourth-order valence-electron chi connectivity index (χ4n) is 1.30. The van der Waals surface area contributed by atoms with Gasteiger partial charge in [0.15, 0.2) is 0 Å². The summed E-state index contributed by atoms with van der Waals surface area (Å²) in [7, 11) is 2.92. The summed E-state index contributed by atoms with van der Waals surface area (Å²) < 4.78 is 10.3. The van der Waals surface area contributed by atoms with Gasteiger partial charge < -0.3 is 26.7 Å². The molecule has 1 aliphatic carbocycles. The molecular formula is C8H15N3O2. The van der Waals surface area contributed by atoms with Gasteiger partial charge >= 0.3 is 0 Å². The quantitative estimate of drug-likeness (QED) is 0.479. The first-order valence-corrected chi connectivity index (χ1v) is 3.83. The number of nitrogens with two attached hydrogens (primary N) is 3. The minimum absolute atomic E-state index is 0.509. The summed E-state index contributed by atoms with van der Waals surface area (Å²) in [6.45, 7) is 0. The van der Waals surface area contributed by atoms with Crippen molar-refractivity contribution in [3.8, 4) is 0 Å². The summed E-state index contributed by atoms with van der Waals surface area (Å²) in [6, 6.07) is 0. The normalized spacial score (nSPS) is 24.2. The Hall–Kier alpha value is -0.880. The highest BCUT2D eigenvalue weighted by Gasteiger charge is 2.46. The molecule has 1 rings (SSSR count). The molecule has 74 valence electrons. The molecule has 0 fully saturated rings. The minimum Gasteiger partial charge on any atom is -0.399 e. The molecule has 0 aromatic carbocycles. The molecule has 5 nitrogen and oxygen atoms in total. The van der Waals surface area contributed by atoms with Crippen LogP contribution in [-0.4, -0.2) is 25.7 Å². The Morgan fingerprint density at radius 2 is 1.77 bits per heavy atom. The van der Waals surface area contributed by atoms with Crippen LogP contribution in [0.25, 0.3) is 0 Å². The van der Waals surface area contributed by atoms with Crippen molar-refractivity contribution in [1.82, 2.24) is 0 Å². The van der Waals surface area contributed by atoms with Gasteiger partial charge in [-0.15, -0.1) is 0 Å². The Morgan fingerprint density at radius 3 is 2.15 bits per heavy atom. The summed E-state index contributed by atoms with van der Waals surface area (Å²) in [5.74, 6) is -1.19. The predicted molar refractivity (Wildman–Crippen MR) is 49.3 cm³/mol. The summed E-state index contributed by atoms with van der Waals surface area (Å²) in [6.07, 6.45) is 4.72. The number of allylic oxidation sites excluding steroid dienone is 1. The van der Waals surface area contributed by atoms with E-state index in [1.54, 1.807) is 18.2 Å². The molecule has 0 bridgehead atoms. The molecule has 0 radical (unpaired) electrons. The zero-order valence-corrected chi connectivity index (χ0v) is 7.78. The van der Waals surface area contributed by atoms with Crippen molar-refractivity contribution in [1.29, 1.82) is 0 Å². The van der Waals surface area contributed by atoms with Crippen LogP contribution in [0.15, 0.2) is 23.9 Å². The largest absolute Gasteiger partial charge is 0.399 e. The van der Waals surface area contributed by atoms with Gasteiger partial charge in [-0.3, -0.25) is 0 Å². The lowest BCUT2D eigenvalue weighted by Gasteiger charge is -2.41. The lowest BCUT2D eigenvalue weighted by Crippen LogP contribution is -2.67. The highest BCUT2D eigenvalue weighted by Crippen LogP contribution is 2.28. The molecule has 0 amide bonds. The molecule has 5 heteroatoms. The highest BCUT2D eigenvalue weighted by molar-refractivity contribution is 5.32. The standard InChI is InChI=1S/C8H15N3O2/c1-12-8(13-2)5-6(9)3-4-7(8,10)11/h3-5H,9-11H2,1-2H3. The fraction of sp³-hybridized carbons (Fsp3) is 0.500. The first-order valence-electron chi connectivity index (χ1n) is 3.83. The van der Waals surface area contributed by atoms with E-state index in [2.05, 4.69) is 0 Å². The van der Waals surface area contributed by atoms with Crippen LogP contribution in [0.2, 0.25) is 0 Å². The van der Waals surface area contributed by atoms with Crippen molar-refractivity contribution >= 4 is 0 Å². The van der Waals surface area contributed by atoms with Gasteiger partial charge in [0, 0.05) is 26.0 Å². The Kier molecular flexibility index (Phi) is 2.44. The number of ether oxygens (including phenoxy) is 2. The van der Waals surface area contributed by atoms with Gasteiger partial charge in [-0.2, -0.15) is 0 Å². The molecule has 0 aliphatic heterocycles. The second-order valence-electron chi connectivity index (χ2n) is 2.99. The van der Waals surface area contributed by atoms with E-state index < -0.39 is 11.4 Å². The monoisotopic (exact) mass is 185 g/mol. The van der Waals surface area contributed by atoms with Gasteiger partial charge in [0.25, 0.3) is 0 Å². The van der Waals surface area contributed by atoms with Crippen molar-refractivity contribution in [2.24, 2.45) is 17.2 Å². The lowest BCUT2D eigenvalue weighted by atomic mass is 9.94. The lowest BCUT2D eigenvalue weighted by molar-refractivity contribution is -0.202. The van der Waals surface area contributed by atoms with Gasteiger partial charge in [-0.1, -0.05) is 0 Å². The van der Waals surface area contributed by atoms with E-state index in [0.717, 1.165) is 0 Å². The number of rotatable bonds is 2. The van der Waals surface area contributed by atoms with E-state index in [-0.39, 0.29) is 0 Å². The molecule has 0 saturated heterocycles. The molecule has 0 aromatic heterocycles. The Bertz CT molecular complexity index is 254. The van der Waals surface area contributed by atoms with Gasteiger partial charge in [0.1, 0.15) is 5.66 Å². The van der Waals surface area contributed by atoms with Crippen LogP contribution in [0.1, 0.15) is 0 Å². The molecule has 13 heavy (non-hydrogen) atoms. The maximum Gasteiger partial charge on any atom is 0.225 e. The van der Waals surface area contributed by atoms with Crippen LogP contribution in [0, 0.1) is 0 Å². The van der Waals surface area contributed by atoms with Crippen LogP contribution < -0.4 is 17.2 Å². The smallest absolute Gasteiger partial charge is 0.225 e. The summed E-state index contributed by atoms with van der Waals surface area (Å²) in [5, 5.41) is 0. The summed E-state index contributed by atoms with van der Waals surface area (Å²) in [5.41, 5.74) is 16.4. The molecular weight excluding hydrogens is 170 g/mol. The maximum absolute atomic E-state index is 5.78. The van der Waals surface area contributed by atoms with E-state index in [9.17, 15) is 0 Å². The Balaban J connectivity index is 3.11. The number of methoxy groups -OCH3 is 2. The topological polar surface area (TPSA) is 96.5 Å². The third kappa shape index (κ3) is 1.47. The van der Waals surface area contributed by atoms with E-state index >= 15 is 0 Å². The van der Waals surface area contributed by atoms with Crippen LogP contribution in [0.3, 0.4) is 0 Å². The molecule has 0 spiro atoms. The van der Waals surface area contributed by atoms with Gasteiger partial charge in [0.05, 0.1) is 0 Å². The SMILES string of the molecule is COC1(OC)C=C(N)C=CC1(N)N. The van der Waals surface area contributed by atoms with E-state index in [0.29, 0.717) is 5.70 Å².